The number of sulfonamides is 1. The first-order valence-corrected chi connectivity index (χ1v) is 9.75. The molecule has 3 rings (SSSR count). The number of nitrogens with zero attached hydrogens (tertiary/aromatic N) is 1. The van der Waals surface area contributed by atoms with Crippen LogP contribution in [-0.4, -0.2) is 39.0 Å². The van der Waals surface area contributed by atoms with Gasteiger partial charge in [0.15, 0.2) is 0 Å². The summed E-state index contributed by atoms with van der Waals surface area (Å²) < 4.78 is 33.0. The van der Waals surface area contributed by atoms with Crippen molar-refractivity contribution in [1.29, 1.82) is 0 Å². The Morgan fingerprint density at radius 2 is 1.96 bits per heavy atom. The van der Waals surface area contributed by atoms with E-state index in [1.54, 1.807) is 6.07 Å². The Kier molecular flexibility index (Phi) is 5.03. The van der Waals surface area contributed by atoms with Gasteiger partial charge in [-0.2, -0.15) is 0 Å². The van der Waals surface area contributed by atoms with Gasteiger partial charge in [-0.15, -0.1) is 0 Å². The number of piperidine rings is 1. The first-order chi connectivity index (χ1) is 11.5. The van der Waals surface area contributed by atoms with E-state index in [4.69, 9.17) is 4.42 Å². The van der Waals surface area contributed by atoms with Crippen molar-refractivity contribution < 1.29 is 12.8 Å². The predicted molar refractivity (Wildman–Crippen MR) is 92.6 cm³/mol. The van der Waals surface area contributed by atoms with Crippen molar-refractivity contribution in [3.63, 3.8) is 0 Å². The quantitative estimate of drug-likeness (QED) is 0.834. The summed E-state index contributed by atoms with van der Waals surface area (Å²) in [6.45, 7) is 5.06. The van der Waals surface area contributed by atoms with Gasteiger partial charge in [0, 0.05) is 17.5 Å². The second kappa shape index (κ2) is 7.04. The fraction of sp³-hybridized carbons (Fsp3) is 0.471. The van der Waals surface area contributed by atoms with Crippen molar-refractivity contribution >= 4 is 21.0 Å². The van der Waals surface area contributed by atoms with E-state index in [0.29, 0.717) is 11.0 Å². The molecule has 0 saturated carbocycles. The van der Waals surface area contributed by atoms with Gasteiger partial charge in [-0.25, -0.2) is 17.9 Å². The molecule has 1 aromatic carbocycles. The molecule has 24 heavy (non-hydrogen) atoms. The van der Waals surface area contributed by atoms with Gasteiger partial charge >= 0.3 is 5.63 Å². The van der Waals surface area contributed by atoms with Crippen LogP contribution in [0, 0.1) is 0 Å². The summed E-state index contributed by atoms with van der Waals surface area (Å²) in [5.74, 6) is 0. The molecule has 0 unspecified atom stereocenters. The van der Waals surface area contributed by atoms with Crippen LogP contribution >= 0.6 is 0 Å². The van der Waals surface area contributed by atoms with Crippen molar-refractivity contribution in [2.45, 2.75) is 37.1 Å². The fourth-order valence-corrected chi connectivity index (χ4v) is 4.44. The van der Waals surface area contributed by atoms with Gasteiger partial charge < -0.3 is 9.32 Å². The summed E-state index contributed by atoms with van der Waals surface area (Å²) in [5.41, 5.74) is -0.0654. The van der Waals surface area contributed by atoms with Crippen LogP contribution < -0.4 is 10.3 Å². The Balaban J connectivity index is 1.74. The summed E-state index contributed by atoms with van der Waals surface area (Å²) in [7, 11) is -3.58. The van der Waals surface area contributed by atoms with Crippen LogP contribution in [0.15, 0.2) is 44.4 Å². The molecule has 7 heteroatoms. The van der Waals surface area contributed by atoms with Crippen molar-refractivity contribution in [3.8, 4) is 0 Å². The van der Waals surface area contributed by atoms with Crippen LogP contribution in [0.2, 0.25) is 0 Å². The zero-order chi connectivity index (χ0) is 17.2. The van der Waals surface area contributed by atoms with Crippen LogP contribution in [-0.2, 0) is 10.0 Å². The number of rotatable bonds is 5. The molecule has 2 aromatic rings. The molecule has 0 amide bonds. The number of likely N-dealkylation sites (tertiary alicyclic amines) is 1. The number of nitrogens with one attached hydrogen (secondary N) is 1. The number of benzene rings is 1. The molecule has 0 atom stereocenters. The Morgan fingerprint density at radius 1 is 1.21 bits per heavy atom. The maximum absolute atomic E-state index is 12.6. The normalized spacial score (nSPS) is 17.4. The lowest BCUT2D eigenvalue weighted by molar-refractivity contribution is 0.208. The molecule has 0 bridgehead atoms. The lowest BCUT2D eigenvalue weighted by Crippen LogP contribution is -2.44. The number of hydrogen-bond donors (Lipinski definition) is 1. The van der Waals surface area contributed by atoms with Gasteiger partial charge in [-0.3, -0.25) is 0 Å². The second-order valence-corrected chi connectivity index (χ2v) is 7.91. The molecule has 0 spiro atoms. The van der Waals surface area contributed by atoms with E-state index in [0.717, 1.165) is 38.9 Å². The minimum absolute atomic E-state index is 0.0347. The topological polar surface area (TPSA) is 79.6 Å². The van der Waals surface area contributed by atoms with Crippen molar-refractivity contribution in [2.75, 3.05) is 19.6 Å². The highest BCUT2D eigenvalue weighted by Crippen LogP contribution is 2.19. The molecule has 1 aromatic heterocycles. The Labute approximate surface area is 141 Å². The summed E-state index contributed by atoms with van der Waals surface area (Å²) in [6.07, 6.45) is 2.76. The Morgan fingerprint density at radius 3 is 2.67 bits per heavy atom. The average Bonchev–Trinajstić information content (AvgIpc) is 2.56. The number of hydrogen-bond acceptors (Lipinski definition) is 5. The third-order valence-electron chi connectivity index (χ3n) is 4.35. The highest BCUT2D eigenvalue weighted by Gasteiger charge is 2.24. The summed E-state index contributed by atoms with van der Waals surface area (Å²) in [5, 5.41) is 0.593. The lowest BCUT2D eigenvalue weighted by Gasteiger charge is -2.31. The van der Waals surface area contributed by atoms with E-state index in [-0.39, 0.29) is 10.9 Å². The predicted octanol–water partition coefficient (Wildman–Crippen LogP) is 1.95. The van der Waals surface area contributed by atoms with Crippen LogP contribution in [0.1, 0.15) is 26.2 Å². The summed E-state index contributed by atoms with van der Waals surface area (Å²) in [4.78, 5) is 13.8. The van der Waals surface area contributed by atoms with Crippen molar-refractivity contribution in [2.24, 2.45) is 0 Å². The van der Waals surface area contributed by atoms with Crippen molar-refractivity contribution in [1.82, 2.24) is 9.62 Å². The largest absolute Gasteiger partial charge is 0.423 e. The molecule has 1 saturated heterocycles. The average molecular weight is 350 g/mol. The molecule has 0 aliphatic carbocycles. The molecular formula is C17H22N2O4S. The van der Waals surface area contributed by atoms with Gasteiger partial charge in [-0.1, -0.05) is 6.92 Å². The van der Waals surface area contributed by atoms with E-state index in [1.807, 2.05) is 0 Å². The van der Waals surface area contributed by atoms with E-state index in [9.17, 15) is 13.2 Å². The van der Waals surface area contributed by atoms with Gasteiger partial charge in [-0.05, 0) is 63.2 Å². The van der Waals surface area contributed by atoms with Gasteiger partial charge in [0.1, 0.15) is 5.58 Å². The monoisotopic (exact) mass is 350 g/mol. The molecule has 6 nitrogen and oxygen atoms in total. The first-order valence-electron chi connectivity index (χ1n) is 8.26. The first kappa shape index (κ1) is 17.1. The molecular weight excluding hydrogens is 328 g/mol. The standard InChI is InChI=1S/C17H22N2O4S/c1-2-9-19-10-7-14(8-11-19)18-24(21,22)15-4-5-16-13(12-15)3-6-17(20)23-16/h3-6,12,14,18H,2,7-11H2,1H3. The Hall–Kier alpha value is -1.70. The van der Waals surface area contributed by atoms with E-state index < -0.39 is 15.6 Å². The maximum atomic E-state index is 12.6. The highest BCUT2D eigenvalue weighted by atomic mass is 32.2. The highest BCUT2D eigenvalue weighted by molar-refractivity contribution is 7.89. The SMILES string of the molecule is CCCN1CCC(NS(=O)(=O)c2ccc3oc(=O)ccc3c2)CC1. The summed E-state index contributed by atoms with van der Waals surface area (Å²) >= 11 is 0. The zero-order valence-corrected chi connectivity index (χ0v) is 14.5. The third-order valence-corrected chi connectivity index (χ3v) is 5.87. The molecule has 1 aliphatic heterocycles. The molecule has 0 radical (unpaired) electrons. The minimum Gasteiger partial charge on any atom is -0.423 e. The smallest absolute Gasteiger partial charge is 0.336 e. The van der Waals surface area contributed by atoms with Crippen LogP contribution in [0.25, 0.3) is 11.0 Å². The molecule has 130 valence electrons. The second-order valence-electron chi connectivity index (χ2n) is 6.19. The lowest BCUT2D eigenvalue weighted by atomic mass is 10.1. The third kappa shape index (κ3) is 3.85. The van der Waals surface area contributed by atoms with Gasteiger partial charge in [0.2, 0.25) is 10.0 Å². The molecule has 1 aliphatic rings. The van der Waals surface area contributed by atoms with Crippen molar-refractivity contribution in [3.05, 3.63) is 40.8 Å². The molecule has 1 N–H and O–H groups in total. The van der Waals surface area contributed by atoms with Crippen LogP contribution in [0.4, 0.5) is 0 Å². The fourth-order valence-electron chi connectivity index (χ4n) is 3.10. The van der Waals surface area contributed by atoms with E-state index in [1.165, 1.54) is 24.3 Å². The molecule has 2 heterocycles. The Bertz CT molecular complexity index is 868. The van der Waals surface area contributed by atoms with E-state index >= 15 is 0 Å². The zero-order valence-electron chi connectivity index (χ0n) is 13.7. The number of fused-ring (bicyclic) bond motifs is 1. The van der Waals surface area contributed by atoms with Crippen LogP contribution in [0.3, 0.4) is 0 Å². The van der Waals surface area contributed by atoms with Crippen LogP contribution in [0.5, 0.6) is 0 Å². The molecule has 1 fully saturated rings. The van der Waals surface area contributed by atoms with Gasteiger partial charge in [0.25, 0.3) is 0 Å². The van der Waals surface area contributed by atoms with E-state index in [2.05, 4.69) is 16.5 Å². The minimum atomic E-state index is -3.58. The summed E-state index contributed by atoms with van der Waals surface area (Å²) in [6, 6.07) is 7.35. The maximum Gasteiger partial charge on any atom is 0.336 e. The van der Waals surface area contributed by atoms with Gasteiger partial charge in [0.05, 0.1) is 4.90 Å².